The highest BCUT2D eigenvalue weighted by atomic mass is 35.5. The summed E-state index contributed by atoms with van der Waals surface area (Å²) in [4.78, 5) is 36.7. The first-order valence-electron chi connectivity index (χ1n) is 19.9. The summed E-state index contributed by atoms with van der Waals surface area (Å²) in [5, 5.41) is 5.38. The highest BCUT2D eigenvalue weighted by molar-refractivity contribution is 7.54. The van der Waals surface area contributed by atoms with Crippen molar-refractivity contribution >= 4 is 59.3 Å². The van der Waals surface area contributed by atoms with Crippen LogP contribution in [0.3, 0.4) is 0 Å². The van der Waals surface area contributed by atoms with E-state index in [-0.39, 0.29) is 53.4 Å². The van der Waals surface area contributed by atoms with Gasteiger partial charge in [0.1, 0.15) is 29.5 Å². The first-order valence-corrected chi connectivity index (χ1v) is 22.9. The maximum atomic E-state index is 15.5. The van der Waals surface area contributed by atoms with Crippen LogP contribution < -0.4 is 15.6 Å². The number of esters is 1. The van der Waals surface area contributed by atoms with Crippen LogP contribution in [0.15, 0.2) is 107 Å². The van der Waals surface area contributed by atoms with Gasteiger partial charge in [-0.25, -0.2) is 42.5 Å². The van der Waals surface area contributed by atoms with Crippen LogP contribution in [0.4, 0.5) is 19.0 Å². The number of benzene rings is 3. The number of methoxy groups -OCH3 is 1. The summed E-state index contributed by atoms with van der Waals surface area (Å²) in [7, 11) is -2.84. The van der Waals surface area contributed by atoms with Gasteiger partial charge in [0.2, 0.25) is 0 Å². The van der Waals surface area contributed by atoms with Gasteiger partial charge in [0, 0.05) is 46.9 Å². The molecule has 0 aliphatic carbocycles. The molecule has 0 saturated carbocycles. The molecule has 21 heteroatoms. The van der Waals surface area contributed by atoms with Crippen LogP contribution in [-0.4, -0.2) is 79.8 Å². The van der Waals surface area contributed by atoms with Crippen molar-refractivity contribution in [2.24, 2.45) is 4.99 Å². The average molecular weight is 936 g/mol. The normalized spacial score (nSPS) is 19.0. The van der Waals surface area contributed by atoms with E-state index >= 15 is 8.78 Å². The largest absolute Gasteiger partial charge is 0.466 e. The van der Waals surface area contributed by atoms with Crippen LogP contribution in [0.25, 0.3) is 11.2 Å². The number of ether oxygens (including phenoxy) is 2. The third-order valence-corrected chi connectivity index (χ3v) is 13.3. The standard InChI is InChI=1S/C43H42ClF3N9O6PS/c1-25-6-4-5-7-28(25)20-61-63(58,24-60-26(2)18-56-23-52-37-38(48)50-22-51-40(37)56)62-30-11-8-27(9-12-30)34-17-43(46,47)21-55(34)19-33-35(42(57)59-3)36(31-13-10-29(45)16-32(31)44)54-39(53-33)41-49-14-15-64-41/h4-16,22-23,26,34,36H,17-21,24H2,1-3H3,(H,53,54)(H2,48,50,51)/t26-,34?,36?,63?/m1/s1. The quantitative estimate of drug-likeness (QED) is 0.0698. The first-order chi connectivity index (χ1) is 30.7. The summed E-state index contributed by atoms with van der Waals surface area (Å²) in [6.45, 7) is 3.14. The van der Waals surface area contributed by atoms with Crippen molar-refractivity contribution in [3.05, 3.63) is 140 Å². The number of carbonyl (C=O) groups excluding carboxylic acids is 1. The molecule has 1 saturated heterocycles. The molecule has 0 spiro atoms. The monoisotopic (exact) mass is 935 g/mol. The summed E-state index contributed by atoms with van der Waals surface area (Å²) >= 11 is 7.78. The molecule has 0 radical (unpaired) electrons. The molecule has 15 nitrogen and oxygen atoms in total. The summed E-state index contributed by atoms with van der Waals surface area (Å²) < 4.78 is 84.8. The minimum atomic E-state index is -4.03. The van der Waals surface area contributed by atoms with E-state index in [0.717, 1.165) is 17.2 Å². The van der Waals surface area contributed by atoms with Gasteiger partial charge in [-0.2, -0.15) is 0 Å². The highest BCUT2D eigenvalue weighted by Crippen LogP contribution is 2.50. The lowest BCUT2D eigenvalue weighted by Crippen LogP contribution is -2.40. The molecule has 2 aliphatic heterocycles. The number of likely N-dealkylation sites (tertiary alicyclic amines) is 1. The lowest BCUT2D eigenvalue weighted by atomic mass is 9.95. The minimum absolute atomic E-state index is 0.0127. The number of hydrogen-bond acceptors (Lipinski definition) is 15. The number of rotatable bonds is 16. The lowest BCUT2D eigenvalue weighted by molar-refractivity contribution is -0.136. The summed E-state index contributed by atoms with van der Waals surface area (Å²) in [5.74, 6) is -3.80. The van der Waals surface area contributed by atoms with Gasteiger partial charge in [0.15, 0.2) is 28.7 Å². The minimum Gasteiger partial charge on any atom is -0.466 e. The van der Waals surface area contributed by atoms with E-state index in [1.165, 1.54) is 49.0 Å². The molecule has 1 fully saturated rings. The van der Waals surface area contributed by atoms with Crippen molar-refractivity contribution in [2.75, 3.05) is 32.3 Å². The Hall–Kier alpha value is -5.69. The molecule has 3 aromatic heterocycles. The Morgan fingerprint density at radius 1 is 1.11 bits per heavy atom. The van der Waals surface area contributed by atoms with Crippen molar-refractivity contribution in [1.82, 2.24) is 34.7 Å². The molecule has 64 heavy (non-hydrogen) atoms. The van der Waals surface area contributed by atoms with E-state index in [9.17, 15) is 13.8 Å². The third-order valence-electron chi connectivity index (χ3n) is 10.7. The predicted octanol–water partition coefficient (Wildman–Crippen LogP) is 8.42. The topological polar surface area (TPSA) is 181 Å². The Morgan fingerprint density at radius 3 is 2.64 bits per heavy atom. The Labute approximate surface area is 374 Å². The number of amidine groups is 1. The second kappa shape index (κ2) is 18.8. The number of anilines is 1. The number of thiazole rings is 1. The van der Waals surface area contributed by atoms with E-state index in [2.05, 4.69) is 25.3 Å². The van der Waals surface area contributed by atoms with Gasteiger partial charge in [-0.1, -0.05) is 54.1 Å². The molecule has 8 rings (SSSR count). The zero-order chi connectivity index (χ0) is 45.2. The number of nitrogens with two attached hydrogens (primary N) is 1. The van der Waals surface area contributed by atoms with Crippen LogP contribution in [0.5, 0.6) is 5.75 Å². The molecule has 3 aromatic carbocycles. The second-order valence-electron chi connectivity index (χ2n) is 15.3. The number of carbonyl (C=O) groups is 1. The molecule has 0 amide bonds. The highest BCUT2D eigenvalue weighted by Gasteiger charge is 2.47. The van der Waals surface area contributed by atoms with Gasteiger partial charge in [-0.05, 0) is 54.8 Å². The van der Waals surface area contributed by atoms with Gasteiger partial charge in [0.05, 0.1) is 44.8 Å². The SMILES string of the molecule is COC(=O)C1=C(CN2CC(F)(F)CC2c2ccc(OP(=O)(CO[C@H](C)Cn3cnc4c(N)ncnc43)OCc3ccccc3C)cc2)NC(c2nccs2)=NC1c1ccc(F)cc1Cl. The zero-order valence-corrected chi connectivity index (χ0v) is 37.1. The van der Waals surface area contributed by atoms with Gasteiger partial charge < -0.3 is 29.6 Å². The fourth-order valence-electron chi connectivity index (χ4n) is 7.57. The van der Waals surface area contributed by atoms with Gasteiger partial charge >= 0.3 is 13.6 Å². The number of fused-ring (bicyclic) bond motifs is 1. The molecule has 3 unspecified atom stereocenters. The number of hydrogen-bond donors (Lipinski definition) is 2. The number of nitrogens with one attached hydrogen (secondary N) is 1. The summed E-state index contributed by atoms with van der Waals surface area (Å²) in [6, 6.07) is 15.6. The van der Waals surface area contributed by atoms with Crippen LogP contribution >= 0.6 is 30.5 Å². The molecule has 4 atom stereocenters. The Bertz CT molecular complexity index is 2780. The van der Waals surface area contributed by atoms with E-state index < -0.39 is 62.8 Å². The van der Waals surface area contributed by atoms with Crippen LogP contribution in [0, 0.1) is 12.7 Å². The zero-order valence-electron chi connectivity index (χ0n) is 34.7. The fourth-order valence-corrected chi connectivity index (χ4v) is 9.83. The molecule has 2 aliphatic rings. The number of halogens is 4. The Morgan fingerprint density at radius 2 is 1.91 bits per heavy atom. The Balaban J connectivity index is 1.04. The molecular formula is C43H42ClF3N9O6PS. The maximum Gasteiger partial charge on any atom is 0.405 e. The number of nitrogens with zero attached hydrogens (tertiary/aromatic N) is 7. The first kappa shape index (κ1) is 44.9. The van der Waals surface area contributed by atoms with Crippen molar-refractivity contribution in [3.8, 4) is 5.75 Å². The van der Waals surface area contributed by atoms with Crippen LogP contribution in [-0.2, 0) is 36.5 Å². The van der Waals surface area contributed by atoms with Crippen LogP contribution in [0.1, 0.15) is 52.7 Å². The van der Waals surface area contributed by atoms with Crippen molar-refractivity contribution in [3.63, 3.8) is 0 Å². The van der Waals surface area contributed by atoms with Gasteiger partial charge in [-0.3, -0.25) is 14.4 Å². The van der Waals surface area contributed by atoms with Crippen molar-refractivity contribution in [2.45, 2.75) is 57.5 Å². The molecular weight excluding hydrogens is 894 g/mol. The molecule has 334 valence electrons. The summed E-state index contributed by atoms with van der Waals surface area (Å²) in [6.07, 6.45) is 3.02. The molecule has 3 N–H and O–H groups in total. The molecule has 6 aromatic rings. The number of alkyl halides is 2. The number of aliphatic imine (C=N–C) groups is 1. The number of aryl methyl sites for hydroxylation is 1. The van der Waals surface area contributed by atoms with E-state index in [1.54, 1.807) is 46.4 Å². The second-order valence-corrected chi connectivity index (χ2v) is 18.5. The number of imidazole rings is 1. The number of aromatic nitrogens is 5. The van der Waals surface area contributed by atoms with Gasteiger partial charge in [0.25, 0.3) is 5.92 Å². The smallest absolute Gasteiger partial charge is 0.405 e. The average Bonchev–Trinajstić information content (AvgIpc) is 4.03. The number of nitrogen functional groups attached to an aromatic ring is 1. The molecule has 0 bridgehead atoms. The van der Waals surface area contributed by atoms with E-state index in [1.807, 2.05) is 31.2 Å². The van der Waals surface area contributed by atoms with E-state index in [4.69, 9.17) is 40.8 Å². The lowest BCUT2D eigenvalue weighted by Gasteiger charge is -2.31. The summed E-state index contributed by atoms with van der Waals surface area (Å²) in [5.41, 5.74) is 9.71. The van der Waals surface area contributed by atoms with Gasteiger partial charge in [-0.15, -0.1) is 11.3 Å². The maximum absolute atomic E-state index is 15.5. The fraction of sp³-hybridized carbons (Fsp3) is 0.302. The van der Waals surface area contributed by atoms with Crippen molar-refractivity contribution < 1.29 is 41.1 Å². The third kappa shape index (κ3) is 9.99. The molecule has 5 heterocycles. The van der Waals surface area contributed by atoms with E-state index in [0.29, 0.717) is 27.3 Å². The predicted molar refractivity (Wildman–Crippen MR) is 235 cm³/mol. The van der Waals surface area contributed by atoms with Crippen LogP contribution in [0.2, 0.25) is 5.02 Å². The van der Waals surface area contributed by atoms with Crippen molar-refractivity contribution in [1.29, 1.82) is 0 Å². The Kier molecular flexibility index (Phi) is 13.2.